The van der Waals surface area contributed by atoms with E-state index in [2.05, 4.69) is 22.4 Å². The Balaban J connectivity index is 1.61. The molecule has 1 aliphatic rings. The highest BCUT2D eigenvalue weighted by molar-refractivity contribution is 5.92. The summed E-state index contributed by atoms with van der Waals surface area (Å²) in [4.78, 5) is 30.4. The highest BCUT2D eigenvalue weighted by atomic mass is 16.5. The zero-order valence-corrected chi connectivity index (χ0v) is 17.4. The number of ether oxygens (including phenoxy) is 1. The minimum absolute atomic E-state index is 0.0302. The number of nitrogens with zero attached hydrogens (tertiary/aromatic N) is 1. The zero-order valence-electron chi connectivity index (χ0n) is 17.4. The van der Waals surface area contributed by atoms with Gasteiger partial charge in [-0.15, -0.1) is 0 Å². The Morgan fingerprint density at radius 2 is 1.93 bits per heavy atom. The highest BCUT2D eigenvalue weighted by Gasteiger charge is 2.31. The van der Waals surface area contributed by atoms with E-state index in [1.165, 1.54) is 0 Å². The van der Waals surface area contributed by atoms with Crippen LogP contribution in [-0.4, -0.2) is 47.9 Å². The average molecular weight is 405 g/mol. The number of methoxy groups -OCH3 is 1. The van der Waals surface area contributed by atoms with Crippen molar-refractivity contribution >= 4 is 22.7 Å². The first-order valence-electron chi connectivity index (χ1n) is 10.4. The largest absolute Gasteiger partial charge is 0.497 e. The first kappa shape index (κ1) is 20.0. The van der Waals surface area contributed by atoms with Crippen molar-refractivity contribution in [2.45, 2.75) is 32.2 Å². The molecule has 0 spiro atoms. The van der Waals surface area contributed by atoms with Gasteiger partial charge < -0.3 is 19.9 Å². The molecule has 2 aromatic carbocycles. The number of amides is 2. The number of hydrogen-bond donors (Lipinski definition) is 2. The van der Waals surface area contributed by atoms with E-state index in [-0.39, 0.29) is 17.9 Å². The van der Waals surface area contributed by atoms with Gasteiger partial charge in [-0.05, 0) is 54.3 Å². The van der Waals surface area contributed by atoms with E-state index in [1.54, 1.807) is 12.0 Å². The van der Waals surface area contributed by atoms with Gasteiger partial charge in [0, 0.05) is 36.1 Å². The van der Waals surface area contributed by atoms with E-state index in [0.717, 1.165) is 33.5 Å². The Morgan fingerprint density at radius 1 is 1.17 bits per heavy atom. The van der Waals surface area contributed by atoms with Crippen molar-refractivity contribution < 1.29 is 14.3 Å². The smallest absolute Gasteiger partial charge is 0.242 e. The predicted octanol–water partition coefficient (Wildman–Crippen LogP) is 3.51. The summed E-state index contributed by atoms with van der Waals surface area (Å²) in [7, 11) is 1.65. The van der Waals surface area contributed by atoms with Crippen LogP contribution in [-0.2, 0) is 16.0 Å². The average Bonchev–Trinajstić information content (AvgIpc) is 3.16. The predicted molar refractivity (Wildman–Crippen MR) is 117 cm³/mol. The Kier molecular flexibility index (Phi) is 5.74. The second-order valence-corrected chi connectivity index (χ2v) is 7.55. The summed E-state index contributed by atoms with van der Waals surface area (Å²) in [5, 5.41) is 3.98. The lowest BCUT2D eigenvalue weighted by Crippen LogP contribution is -2.56. The molecule has 1 unspecified atom stereocenters. The Morgan fingerprint density at radius 3 is 2.67 bits per heavy atom. The number of nitrogens with one attached hydrogen (secondary N) is 2. The number of H-pyrrole nitrogens is 1. The van der Waals surface area contributed by atoms with Crippen molar-refractivity contribution in [3.8, 4) is 17.0 Å². The van der Waals surface area contributed by atoms with Crippen LogP contribution in [0.1, 0.15) is 25.3 Å². The fraction of sp³-hybridized carbons (Fsp3) is 0.333. The van der Waals surface area contributed by atoms with Crippen molar-refractivity contribution in [1.82, 2.24) is 15.2 Å². The van der Waals surface area contributed by atoms with Crippen molar-refractivity contribution in [2.24, 2.45) is 0 Å². The molecule has 1 aromatic heterocycles. The van der Waals surface area contributed by atoms with Crippen LogP contribution >= 0.6 is 0 Å². The molecule has 6 heteroatoms. The van der Waals surface area contributed by atoms with Gasteiger partial charge in [0.2, 0.25) is 11.8 Å². The molecule has 2 amide bonds. The molecule has 0 saturated carbocycles. The number of piperazine rings is 1. The topological polar surface area (TPSA) is 74.4 Å². The number of aromatic amines is 1. The molecule has 0 radical (unpaired) electrons. The van der Waals surface area contributed by atoms with Crippen LogP contribution in [0.15, 0.2) is 48.5 Å². The summed E-state index contributed by atoms with van der Waals surface area (Å²) in [6.07, 6.45) is 1.61. The zero-order chi connectivity index (χ0) is 21.1. The van der Waals surface area contributed by atoms with Gasteiger partial charge in [-0.3, -0.25) is 9.59 Å². The number of aromatic nitrogens is 1. The maximum Gasteiger partial charge on any atom is 0.242 e. The van der Waals surface area contributed by atoms with Gasteiger partial charge in [0.1, 0.15) is 11.8 Å². The van der Waals surface area contributed by atoms with Gasteiger partial charge in [-0.25, -0.2) is 0 Å². The second kappa shape index (κ2) is 8.61. The minimum Gasteiger partial charge on any atom is -0.497 e. The maximum absolute atomic E-state index is 13.0. The van der Waals surface area contributed by atoms with Gasteiger partial charge in [0.25, 0.3) is 0 Å². The van der Waals surface area contributed by atoms with Crippen LogP contribution in [0.25, 0.3) is 22.2 Å². The number of rotatable bonds is 6. The molecule has 30 heavy (non-hydrogen) atoms. The van der Waals surface area contributed by atoms with E-state index in [4.69, 9.17) is 4.74 Å². The standard InChI is InChI=1S/C24H27N3O3/c1-3-21-24(29)25-14-15-27(21)22(28)13-12-19-18-6-4-5-7-20(18)26-23(19)16-8-10-17(30-2)11-9-16/h4-11,21,26H,3,12-15H2,1-2H3,(H,25,29). The Hall–Kier alpha value is -3.28. The lowest BCUT2D eigenvalue weighted by atomic mass is 10.00. The lowest BCUT2D eigenvalue weighted by molar-refractivity contribution is -0.143. The lowest BCUT2D eigenvalue weighted by Gasteiger charge is -2.34. The third kappa shape index (κ3) is 3.77. The molecule has 4 rings (SSSR count). The number of carbonyl (C=O) groups is 2. The van der Waals surface area contributed by atoms with Gasteiger partial charge >= 0.3 is 0 Å². The molecule has 1 atom stereocenters. The van der Waals surface area contributed by atoms with Crippen LogP contribution in [0.2, 0.25) is 0 Å². The second-order valence-electron chi connectivity index (χ2n) is 7.55. The fourth-order valence-corrected chi connectivity index (χ4v) is 4.26. The molecule has 156 valence electrons. The molecule has 0 bridgehead atoms. The van der Waals surface area contributed by atoms with E-state index in [9.17, 15) is 9.59 Å². The van der Waals surface area contributed by atoms with Crippen molar-refractivity contribution in [3.63, 3.8) is 0 Å². The van der Waals surface area contributed by atoms with Crippen molar-refractivity contribution in [2.75, 3.05) is 20.2 Å². The summed E-state index contributed by atoms with van der Waals surface area (Å²) >= 11 is 0. The molecule has 0 aliphatic carbocycles. The van der Waals surface area contributed by atoms with Gasteiger partial charge in [0.05, 0.1) is 7.11 Å². The number of fused-ring (bicyclic) bond motifs is 1. The molecule has 2 heterocycles. The van der Waals surface area contributed by atoms with E-state index >= 15 is 0 Å². The highest BCUT2D eigenvalue weighted by Crippen LogP contribution is 2.32. The summed E-state index contributed by atoms with van der Waals surface area (Å²) in [6.45, 7) is 3.03. The summed E-state index contributed by atoms with van der Waals surface area (Å²) in [6, 6.07) is 15.7. The number of benzene rings is 2. The molecule has 1 aliphatic heterocycles. The van der Waals surface area contributed by atoms with Crippen LogP contribution in [0.4, 0.5) is 0 Å². The van der Waals surface area contributed by atoms with Gasteiger partial charge in [-0.1, -0.05) is 25.1 Å². The van der Waals surface area contributed by atoms with E-state index < -0.39 is 0 Å². The quantitative estimate of drug-likeness (QED) is 0.659. The van der Waals surface area contributed by atoms with Crippen LogP contribution in [0.3, 0.4) is 0 Å². The summed E-state index contributed by atoms with van der Waals surface area (Å²) in [5.74, 6) is 0.784. The van der Waals surface area contributed by atoms with Crippen LogP contribution < -0.4 is 10.1 Å². The molecule has 6 nitrogen and oxygen atoms in total. The van der Waals surface area contributed by atoms with Crippen LogP contribution in [0, 0.1) is 0 Å². The number of carbonyl (C=O) groups excluding carboxylic acids is 2. The summed E-state index contributed by atoms with van der Waals surface area (Å²) in [5.41, 5.74) is 4.25. The van der Waals surface area contributed by atoms with Gasteiger partial charge in [-0.2, -0.15) is 0 Å². The third-order valence-corrected chi connectivity index (χ3v) is 5.82. The monoisotopic (exact) mass is 405 g/mol. The first-order valence-corrected chi connectivity index (χ1v) is 10.4. The Bertz CT molecular complexity index is 1060. The molecular formula is C24H27N3O3. The maximum atomic E-state index is 13.0. The molecule has 3 aromatic rings. The molecule has 1 saturated heterocycles. The third-order valence-electron chi connectivity index (χ3n) is 5.82. The molecule has 2 N–H and O–H groups in total. The minimum atomic E-state index is -0.365. The molecule has 1 fully saturated rings. The summed E-state index contributed by atoms with van der Waals surface area (Å²) < 4.78 is 5.28. The number of hydrogen-bond acceptors (Lipinski definition) is 3. The van der Waals surface area contributed by atoms with Crippen molar-refractivity contribution in [1.29, 1.82) is 0 Å². The van der Waals surface area contributed by atoms with E-state index in [0.29, 0.717) is 32.4 Å². The number of para-hydroxylation sites is 1. The molecular weight excluding hydrogens is 378 g/mol. The Labute approximate surface area is 176 Å². The van der Waals surface area contributed by atoms with E-state index in [1.807, 2.05) is 43.3 Å². The SMILES string of the molecule is CCC1C(=O)NCCN1C(=O)CCc1c(-c2ccc(OC)cc2)[nH]c2ccccc12. The fourth-order valence-electron chi connectivity index (χ4n) is 4.26. The first-order chi connectivity index (χ1) is 14.6. The van der Waals surface area contributed by atoms with Crippen molar-refractivity contribution in [3.05, 3.63) is 54.1 Å². The number of aryl methyl sites for hydroxylation is 1. The normalized spacial score (nSPS) is 16.5. The van der Waals surface area contributed by atoms with Crippen LogP contribution in [0.5, 0.6) is 5.75 Å². The van der Waals surface area contributed by atoms with Gasteiger partial charge in [0.15, 0.2) is 0 Å².